The summed E-state index contributed by atoms with van der Waals surface area (Å²) >= 11 is 3.01. The fourth-order valence-electron chi connectivity index (χ4n) is 1.45. The Labute approximate surface area is 113 Å². The highest BCUT2D eigenvalue weighted by molar-refractivity contribution is 9.10. The van der Waals surface area contributed by atoms with E-state index >= 15 is 0 Å². The quantitative estimate of drug-likeness (QED) is 0.795. The van der Waals surface area contributed by atoms with Crippen LogP contribution in [0.3, 0.4) is 0 Å². The molecule has 0 aliphatic rings. The average Bonchev–Trinajstić information content (AvgIpc) is 2.32. The van der Waals surface area contributed by atoms with Crippen LogP contribution < -0.4 is 0 Å². The molecule has 0 fully saturated rings. The predicted molar refractivity (Wildman–Crippen MR) is 70.4 cm³/mol. The molecule has 2 rings (SSSR count). The Balaban J connectivity index is 2.43. The zero-order valence-electron chi connectivity index (χ0n) is 9.39. The third-order valence-electron chi connectivity index (χ3n) is 2.38. The van der Waals surface area contributed by atoms with Gasteiger partial charge in [0.2, 0.25) is 0 Å². The van der Waals surface area contributed by atoms with E-state index in [-0.39, 0.29) is 9.50 Å². The van der Waals surface area contributed by atoms with E-state index in [1.807, 2.05) is 0 Å². The van der Waals surface area contributed by atoms with E-state index in [0.29, 0.717) is 5.69 Å². The van der Waals surface area contributed by atoms with Crippen LogP contribution in [0.2, 0.25) is 0 Å². The van der Waals surface area contributed by atoms with Gasteiger partial charge in [0.15, 0.2) is 15.7 Å². The zero-order chi connectivity index (χ0) is 13.3. The summed E-state index contributed by atoms with van der Waals surface area (Å²) in [7, 11) is -3.21. The van der Waals surface area contributed by atoms with Crippen molar-refractivity contribution in [3.8, 4) is 11.3 Å². The van der Waals surface area contributed by atoms with Gasteiger partial charge in [-0.2, -0.15) is 0 Å². The zero-order valence-corrected chi connectivity index (χ0v) is 11.8. The second-order valence-corrected chi connectivity index (χ2v) is 6.53. The number of hydrogen-bond acceptors (Lipinski definition) is 3. The maximum atomic E-state index is 13.0. The first-order valence-corrected chi connectivity index (χ1v) is 7.69. The number of aromatic nitrogens is 1. The minimum Gasteiger partial charge on any atom is -0.238 e. The lowest BCUT2D eigenvalue weighted by molar-refractivity contribution is 0.602. The van der Waals surface area contributed by atoms with Gasteiger partial charge in [-0.25, -0.2) is 17.8 Å². The maximum Gasteiger partial charge on any atom is 0.175 e. The van der Waals surface area contributed by atoms with Crippen LogP contribution in [-0.2, 0) is 9.84 Å². The number of nitrogens with zero attached hydrogens (tertiary/aromatic N) is 1. The van der Waals surface area contributed by atoms with E-state index in [4.69, 9.17) is 0 Å². The Morgan fingerprint density at radius 3 is 2.22 bits per heavy atom. The van der Waals surface area contributed by atoms with Gasteiger partial charge in [-0.15, -0.1) is 0 Å². The van der Waals surface area contributed by atoms with Gasteiger partial charge in [0, 0.05) is 11.8 Å². The molecule has 0 saturated carbocycles. The molecule has 0 atom stereocenters. The SMILES string of the molecule is CS(=O)(=O)c1ccc(-c2ccc(F)c(Br)n2)cc1. The molecular weight excluding hydrogens is 321 g/mol. The lowest BCUT2D eigenvalue weighted by Crippen LogP contribution is -1.96. The van der Waals surface area contributed by atoms with Crippen LogP contribution in [0.5, 0.6) is 0 Å². The largest absolute Gasteiger partial charge is 0.238 e. The number of pyridine rings is 1. The highest BCUT2D eigenvalue weighted by Crippen LogP contribution is 2.22. The maximum absolute atomic E-state index is 13.0. The topological polar surface area (TPSA) is 47.0 Å². The third kappa shape index (κ3) is 2.76. The number of sulfone groups is 1. The van der Waals surface area contributed by atoms with E-state index in [9.17, 15) is 12.8 Å². The molecule has 0 N–H and O–H groups in total. The van der Waals surface area contributed by atoms with Crippen LogP contribution in [0.1, 0.15) is 0 Å². The van der Waals surface area contributed by atoms with Gasteiger partial charge in [0.05, 0.1) is 10.6 Å². The Kier molecular flexibility index (Phi) is 3.49. The van der Waals surface area contributed by atoms with Gasteiger partial charge in [0.1, 0.15) is 4.60 Å². The highest BCUT2D eigenvalue weighted by atomic mass is 79.9. The molecule has 0 spiro atoms. The van der Waals surface area contributed by atoms with Crippen LogP contribution in [0.25, 0.3) is 11.3 Å². The van der Waals surface area contributed by atoms with Gasteiger partial charge in [-0.3, -0.25) is 0 Å². The molecule has 0 radical (unpaired) electrons. The fraction of sp³-hybridized carbons (Fsp3) is 0.0833. The molecule has 0 aliphatic carbocycles. The third-order valence-corrected chi connectivity index (χ3v) is 4.07. The summed E-state index contributed by atoms with van der Waals surface area (Å²) in [4.78, 5) is 4.27. The first-order valence-electron chi connectivity index (χ1n) is 5.00. The Morgan fingerprint density at radius 2 is 1.72 bits per heavy atom. The normalized spacial score (nSPS) is 11.5. The van der Waals surface area contributed by atoms with Crippen molar-refractivity contribution in [1.29, 1.82) is 0 Å². The van der Waals surface area contributed by atoms with Crippen molar-refractivity contribution in [2.45, 2.75) is 4.90 Å². The van der Waals surface area contributed by atoms with Crippen molar-refractivity contribution in [2.75, 3.05) is 6.26 Å². The van der Waals surface area contributed by atoms with E-state index in [1.165, 1.54) is 24.3 Å². The minimum atomic E-state index is -3.21. The lowest BCUT2D eigenvalue weighted by Gasteiger charge is -2.03. The molecule has 3 nitrogen and oxygen atoms in total. The van der Waals surface area contributed by atoms with Crippen LogP contribution in [-0.4, -0.2) is 19.7 Å². The smallest absolute Gasteiger partial charge is 0.175 e. The number of hydrogen-bond donors (Lipinski definition) is 0. The molecular formula is C12H9BrFNO2S. The highest BCUT2D eigenvalue weighted by Gasteiger charge is 2.08. The van der Waals surface area contributed by atoms with Crippen molar-refractivity contribution >= 4 is 25.8 Å². The van der Waals surface area contributed by atoms with Crippen molar-refractivity contribution in [1.82, 2.24) is 4.98 Å². The van der Waals surface area contributed by atoms with E-state index in [2.05, 4.69) is 20.9 Å². The number of benzene rings is 1. The molecule has 0 amide bonds. The summed E-state index contributed by atoms with van der Waals surface area (Å²) < 4.78 is 35.8. The summed E-state index contributed by atoms with van der Waals surface area (Å²) in [6.45, 7) is 0. The second kappa shape index (κ2) is 4.78. The molecule has 94 valence electrons. The molecule has 0 bridgehead atoms. The predicted octanol–water partition coefficient (Wildman–Crippen LogP) is 3.05. The van der Waals surface area contributed by atoms with Gasteiger partial charge >= 0.3 is 0 Å². The molecule has 1 aromatic heterocycles. The van der Waals surface area contributed by atoms with E-state index < -0.39 is 15.7 Å². The second-order valence-electron chi connectivity index (χ2n) is 3.77. The summed E-state index contributed by atoms with van der Waals surface area (Å²) in [5, 5.41) is 0. The van der Waals surface area contributed by atoms with E-state index in [1.54, 1.807) is 12.1 Å². The standard InChI is InChI=1S/C12H9BrFNO2S/c1-18(16,17)9-4-2-8(3-5-9)11-7-6-10(14)12(13)15-11/h2-7H,1H3. The van der Waals surface area contributed by atoms with Gasteiger partial charge in [-0.1, -0.05) is 12.1 Å². The van der Waals surface area contributed by atoms with E-state index in [0.717, 1.165) is 11.8 Å². The summed E-state index contributed by atoms with van der Waals surface area (Å²) in [5.74, 6) is -0.438. The van der Waals surface area contributed by atoms with Crippen LogP contribution in [0.15, 0.2) is 45.9 Å². The molecule has 1 heterocycles. The van der Waals surface area contributed by atoms with Crippen molar-refractivity contribution in [2.24, 2.45) is 0 Å². The minimum absolute atomic E-state index is 0.132. The van der Waals surface area contributed by atoms with Gasteiger partial charge in [0.25, 0.3) is 0 Å². The summed E-state index contributed by atoms with van der Waals surface area (Å²) in [6, 6.07) is 9.13. The molecule has 0 unspecified atom stereocenters. The molecule has 1 aromatic carbocycles. The van der Waals surface area contributed by atoms with Crippen molar-refractivity contribution in [3.63, 3.8) is 0 Å². The summed E-state index contributed by atoms with van der Waals surface area (Å²) in [5.41, 5.74) is 1.30. The Bertz CT molecular complexity index is 684. The molecule has 18 heavy (non-hydrogen) atoms. The van der Waals surface area contributed by atoms with Gasteiger partial charge in [-0.05, 0) is 40.2 Å². The van der Waals surface area contributed by atoms with Gasteiger partial charge < -0.3 is 0 Å². The average molecular weight is 330 g/mol. The number of rotatable bonds is 2. The monoisotopic (exact) mass is 329 g/mol. The van der Waals surface area contributed by atoms with Crippen molar-refractivity contribution < 1.29 is 12.8 Å². The van der Waals surface area contributed by atoms with Crippen LogP contribution in [0, 0.1) is 5.82 Å². The van der Waals surface area contributed by atoms with Crippen molar-refractivity contribution in [3.05, 3.63) is 46.8 Å². The fourth-order valence-corrected chi connectivity index (χ4v) is 2.40. The summed E-state index contributed by atoms with van der Waals surface area (Å²) in [6.07, 6.45) is 1.15. The molecule has 0 aliphatic heterocycles. The Hall–Kier alpha value is -1.27. The first-order chi connectivity index (χ1) is 8.38. The van der Waals surface area contributed by atoms with Crippen LogP contribution >= 0.6 is 15.9 Å². The first kappa shape index (κ1) is 13.2. The van der Waals surface area contributed by atoms with Crippen LogP contribution in [0.4, 0.5) is 4.39 Å². The Morgan fingerprint density at radius 1 is 1.11 bits per heavy atom. The number of halogens is 2. The molecule has 6 heteroatoms. The molecule has 2 aromatic rings. The lowest BCUT2D eigenvalue weighted by atomic mass is 10.1. The molecule has 0 saturated heterocycles.